The molecule has 0 aliphatic carbocycles. The van der Waals surface area contributed by atoms with Gasteiger partial charge in [0.1, 0.15) is 0 Å². The monoisotopic (exact) mass is 312 g/mol. The maximum Gasteiger partial charge on any atom is 0.161 e. The zero-order valence-electron chi connectivity index (χ0n) is 13.1. The lowest BCUT2D eigenvalue weighted by Gasteiger charge is -2.28. The van der Waals surface area contributed by atoms with Gasteiger partial charge in [0.05, 0.1) is 26.0 Å². The number of hydrogen-bond donors (Lipinski definition) is 1. The van der Waals surface area contributed by atoms with Crippen molar-refractivity contribution in [1.82, 2.24) is 0 Å². The minimum atomic E-state index is 0.125. The summed E-state index contributed by atoms with van der Waals surface area (Å²) in [6.07, 6.45) is 1.76. The molecule has 1 saturated heterocycles. The van der Waals surface area contributed by atoms with Crippen LogP contribution < -0.4 is 9.64 Å². The number of anilines is 1. The molecule has 0 amide bonds. The molecule has 5 heteroatoms. The SMILES string of the molecule is COc1cc(C=Nc2ccc(N3CCOCC3)cc2)ccc1O. The highest BCUT2D eigenvalue weighted by Crippen LogP contribution is 2.26. The summed E-state index contributed by atoms with van der Waals surface area (Å²) in [5.74, 6) is 0.566. The Balaban J connectivity index is 1.70. The number of phenols is 1. The Kier molecular flexibility index (Phi) is 4.78. The van der Waals surface area contributed by atoms with E-state index in [1.54, 1.807) is 24.4 Å². The van der Waals surface area contributed by atoms with Crippen molar-refractivity contribution < 1.29 is 14.6 Å². The number of hydrogen-bond acceptors (Lipinski definition) is 5. The van der Waals surface area contributed by atoms with Crippen LogP contribution in [-0.4, -0.2) is 44.7 Å². The first-order valence-electron chi connectivity index (χ1n) is 7.60. The minimum Gasteiger partial charge on any atom is -0.504 e. The van der Waals surface area contributed by atoms with Crippen LogP contribution in [0.1, 0.15) is 5.56 Å². The van der Waals surface area contributed by atoms with E-state index in [0.717, 1.165) is 37.6 Å². The molecule has 1 aliphatic rings. The molecule has 5 nitrogen and oxygen atoms in total. The molecule has 0 bridgehead atoms. The Morgan fingerprint density at radius 3 is 2.57 bits per heavy atom. The van der Waals surface area contributed by atoms with Crippen LogP contribution in [0.4, 0.5) is 11.4 Å². The smallest absolute Gasteiger partial charge is 0.161 e. The molecule has 3 rings (SSSR count). The summed E-state index contributed by atoms with van der Waals surface area (Å²) in [7, 11) is 1.53. The van der Waals surface area contributed by atoms with E-state index in [2.05, 4.69) is 22.0 Å². The third-order valence-electron chi connectivity index (χ3n) is 3.79. The van der Waals surface area contributed by atoms with E-state index in [1.807, 2.05) is 12.1 Å². The number of ether oxygens (including phenoxy) is 2. The standard InChI is InChI=1S/C18H20N2O3/c1-22-18-12-14(2-7-17(18)21)13-19-15-3-5-16(6-4-15)20-8-10-23-11-9-20/h2-7,12-13,21H,8-11H2,1H3. The molecule has 120 valence electrons. The van der Waals surface area contributed by atoms with Crippen LogP contribution in [0.3, 0.4) is 0 Å². The molecule has 0 radical (unpaired) electrons. The molecular formula is C18H20N2O3. The molecule has 0 saturated carbocycles. The topological polar surface area (TPSA) is 54.3 Å². The molecule has 0 aromatic heterocycles. The lowest BCUT2D eigenvalue weighted by molar-refractivity contribution is 0.122. The van der Waals surface area contributed by atoms with E-state index in [0.29, 0.717) is 5.75 Å². The van der Waals surface area contributed by atoms with Gasteiger partial charge in [0.25, 0.3) is 0 Å². The maximum atomic E-state index is 9.59. The van der Waals surface area contributed by atoms with Crippen LogP contribution in [0.2, 0.25) is 0 Å². The highest BCUT2D eigenvalue weighted by molar-refractivity contribution is 5.83. The summed E-state index contributed by atoms with van der Waals surface area (Å²) in [5.41, 5.74) is 2.95. The summed E-state index contributed by atoms with van der Waals surface area (Å²) in [4.78, 5) is 6.77. The Hall–Kier alpha value is -2.53. The molecule has 2 aromatic rings. The van der Waals surface area contributed by atoms with Crippen molar-refractivity contribution in [2.75, 3.05) is 38.3 Å². The molecule has 2 aromatic carbocycles. The number of benzene rings is 2. The number of aliphatic imine (C=N–C) groups is 1. The van der Waals surface area contributed by atoms with Gasteiger partial charge in [-0.25, -0.2) is 0 Å². The predicted octanol–water partition coefficient (Wildman–Crippen LogP) is 2.99. The number of phenolic OH excluding ortho intramolecular Hbond substituents is 1. The zero-order chi connectivity index (χ0) is 16.1. The van der Waals surface area contributed by atoms with E-state index in [9.17, 15) is 5.11 Å². The van der Waals surface area contributed by atoms with Crippen molar-refractivity contribution in [3.05, 3.63) is 48.0 Å². The number of morpholine rings is 1. The van der Waals surface area contributed by atoms with Crippen molar-refractivity contribution in [1.29, 1.82) is 0 Å². The molecule has 1 aliphatic heterocycles. The van der Waals surface area contributed by atoms with Crippen LogP contribution in [0.15, 0.2) is 47.5 Å². The lowest BCUT2D eigenvalue weighted by atomic mass is 10.2. The third-order valence-corrected chi connectivity index (χ3v) is 3.79. The van der Waals surface area contributed by atoms with Gasteiger partial charge in [-0.15, -0.1) is 0 Å². The zero-order valence-corrected chi connectivity index (χ0v) is 13.1. The second-order valence-electron chi connectivity index (χ2n) is 5.31. The molecular weight excluding hydrogens is 292 g/mol. The van der Waals surface area contributed by atoms with Gasteiger partial charge in [-0.3, -0.25) is 4.99 Å². The van der Waals surface area contributed by atoms with Crippen LogP contribution >= 0.6 is 0 Å². The normalized spacial score (nSPS) is 15.1. The van der Waals surface area contributed by atoms with Gasteiger partial charge in [0.2, 0.25) is 0 Å². The number of aromatic hydroxyl groups is 1. The highest BCUT2D eigenvalue weighted by atomic mass is 16.5. The fraction of sp³-hybridized carbons (Fsp3) is 0.278. The van der Waals surface area contributed by atoms with Gasteiger partial charge in [0, 0.05) is 25.0 Å². The van der Waals surface area contributed by atoms with Crippen molar-refractivity contribution in [3.63, 3.8) is 0 Å². The third kappa shape index (κ3) is 3.81. The summed E-state index contributed by atoms with van der Waals surface area (Å²) >= 11 is 0. The van der Waals surface area contributed by atoms with E-state index in [4.69, 9.17) is 9.47 Å². The first kappa shape index (κ1) is 15.4. The Labute approximate surface area is 135 Å². The van der Waals surface area contributed by atoms with E-state index in [-0.39, 0.29) is 5.75 Å². The van der Waals surface area contributed by atoms with Crippen LogP contribution in [0, 0.1) is 0 Å². The van der Waals surface area contributed by atoms with Crippen molar-refractivity contribution in [3.8, 4) is 11.5 Å². The summed E-state index contributed by atoms with van der Waals surface area (Å²) in [6, 6.07) is 13.3. The Morgan fingerprint density at radius 2 is 1.87 bits per heavy atom. The summed E-state index contributed by atoms with van der Waals surface area (Å²) in [6.45, 7) is 3.41. The second kappa shape index (κ2) is 7.15. The first-order chi connectivity index (χ1) is 11.3. The molecule has 23 heavy (non-hydrogen) atoms. The van der Waals surface area contributed by atoms with E-state index < -0.39 is 0 Å². The van der Waals surface area contributed by atoms with Crippen LogP contribution in [-0.2, 0) is 4.74 Å². The summed E-state index contributed by atoms with van der Waals surface area (Å²) < 4.78 is 10.5. The van der Waals surface area contributed by atoms with Gasteiger partial charge in [-0.05, 0) is 48.0 Å². The first-order valence-corrected chi connectivity index (χ1v) is 7.60. The maximum absolute atomic E-state index is 9.59. The average Bonchev–Trinajstić information content (AvgIpc) is 2.62. The summed E-state index contributed by atoms with van der Waals surface area (Å²) in [5, 5.41) is 9.59. The van der Waals surface area contributed by atoms with Crippen molar-refractivity contribution >= 4 is 17.6 Å². The number of rotatable bonds is 4. The molecule has 1 heterocycles. The quantitative estimate of drug-likeness (QED) is 0.882. The molecule has 0 spiro atoms. The van der Waals surface area contributed by atoms with Gasteiger partial charge < -0.3 is 19.5 Å². The average molecular weight is 312 g/mol. The number of nitrogens with zero attached hydrogens (tertiary/aromatic N) is 2. The van der Waals surface area contributed by atoms with Gasteiger partial charge in [0.15, 0.2) is 11.5 Å². The molecule has 0 unspecified atom stereocenters. The highest BCUT2D eigenvalue weighted by Gasteiger charge is 2.10. The Morgan fingerprint density at radius 1 is 1.13 bits per heavy atom. The number of methoxy groups -OCH3 is 1. The molecule has 1 N–H and O–H groups in total. The second-order valence-corrected chi connectivity index (χ2v) is 5.31. The molecule has 1 fully saturated rings. The van der Waals surface area contributed by atoms with E-state index >= 15 is 0 Å². The van der Waals surface area contributed by atoms with E-state index in [1.165, 1.54) is 12.8 Å². The van der Waals surface area contributed by atoms with Crippen molar-refractivity contribution in [2.24, 2.45) is 4.99 Å². The molecule has 0 atom stereocenters. The fourth-order valence-corrected chi connectivity index (χ4v) is 2.49. The fourth-order valence-electron chi connectivity index (χ4n) is 2.49. The van der Waals surface area contributed by atoms with Gasteiger partial charge in [-0.1, -0.05) is 0 Å². The lowest BCUT2D eigenvalue weighted by Crippen LogP contribution is -2.36. The van der Waals surface area contributed by atoms with Gasteiger partial charge >= 0.3 is 0 Å². The predicted molar refractivity (Wildman–Crippen MR) is 91.4 cm³/mol. The van der Waals surface area contributed by atoms with Crippen molar-refractivity contribution in [2.45, 2.75) is 0 Å². The van der Waals surface area contributed by atoms with Crippen LogP contribution in [0.25, 0.3) is 0 Å². The largest absolute Gasteiger partial charge is 0.504 e. The Bertz CT molecular complexity index is 677. The van der Waals surface area contributed by atoms with Crippen LogP contribution in [0.5, 0.6) is 11.5 Å². The van der Waals surface area contributed by atoms with Gasteiger partial charge in [-0.2, -0.15) is 0 Å². The minimum absolute atomic E-state index is 0.125.